The smallest absolute Gasteiger partial charge is 0.261 e. The molecule has 0 unspecified atom stereocenters. The van der Waals surface area contributed by atoms with E-state index < -0.39 is 0 Å². The van der Waals surface area contributed by atoms with E-state index in [1.165, 1.54) is 35.3 Å². The minimum absolute atomic E-state index is 0.172. The van der Waals surface area contributed by atoms with Gasteiger partial charge in [-0.15, -0.1) is 0 Å². The number of nitrogens with zero attached hydrogens (tertiary/aromatic N) is 3. The molecule has 3 aromatic rings. The SMILES string of the molecule is CSNc1cc(C2CC2)cn2cc(CN3C(=O)c4ccccc4C3=O)nc12. The molecule has 0 bridgehead atoms. The highest BCUT2D eigenvalue weighted by Crippen LogP contribution is 2.41. The number of hydrogen-bond acceptors (Lipinski definition) is 5. The van der Waals surface area contributed by atoms with E-state index in [1.54, 1.807) is 24.3 Å². The molecule has 27 heavy (non-hydrogen) atoms. The maximum Gasteiger partial charge on any atom is 0.261 e. The van der Waals surface area contributed by atoms with Crippen LogP contribution in [0.3, 0.4) is 0 Å². The minimum Gasteiger partial charge on any atom is -0.327 e. The average molecular weight is 378 g/mol. The van der Waals surface area contributed by atoms with Crippen LogP contribution in [0.1, 0.15) is 50.7 Å². The third-order valence-corrected chi connectivity index (χ3v) is 5.51. The molecule has 136 valence electrons. The number of benzene rings is 1. The Morgan fingerprint density at radius 2 is 1.85 bits per heavy atom. The van der Waals surface area contributed by atoms with Crippen molar-refractivity contribution in [3.63, 3.8) is 0 Å². The van der Waals surface area contributed by atoms with Crippen molar-refractivity contribution < 1.29 is 9.59 Å². The second-order valence-corrected chi connectivity index (χ2v) is 7.59. The zero-order valence-electron chi connectivity index (χ0n) is 14.8. The molecule has 2 amide bonds. The van der Waals surface area contributed by atoms with Gasteiger partial charge in [0.25, 0.3) is 11.8 Å². The maximum atomic E-state index is 12.6. The van der Waals surface area contributed by atoms with Gasteiger partial charge in [-0.05, 0) is 42.5 Å². The van der Waals surface area contributed by atoms with Crippen molar-refractivity contribution >= 4 is 35.1 Å². The van der Waals surface area contributed by atoms with Crippen molar-refractivity contribution in [1.29, 1.82) is 0 Å². The molecule has 2 aliphatic rings. The molecule has 1 aliphatic carbocycles. The van der Waals surface area contributed by atoms with Gasteiger partial charge in [0.1, 0.15) is 0 Å². The van der Waals surface area contributed by atoms with Crippen LogP contribution in [0, 0.1) is 0 Å². The number of anilines is 1. The largest absolute Gasteiger partial charge is 0.327 e. The van der Waals surface area contributed by atoms with Gasteiger partial charge in [-0.25, -0.2) is 4.98 Å². The van der Waals surface area contributed by atoms with Crippen molar-refractivity contribution in [2.24, 2.45) is 0 Å². The first kappa shape index (κ1) is 16.4. The van der Waals surface area contributed by atoms with Gasteiger partial charge in [-0.3, -0.25) is 14.5 Å². The van der Waals surface area contributed by atoms with E-state index in [0.29, 0.717) is 22.7 Å². The molecule has 1 saturated carbocycles. The van der Waals surface area contributed by atoms with Crippen LogP contribution in [0.2, 0.25) is 0 Å². The summed E-state index contributed by atoms with van der Waals surface area (Å²) in [5.41, 5.74) is 4.69. The van der Waals surface area contributed by atoms with E-state index in [0.717, 1.165) is 11.3 Å². The molecule has 0 atom stereocenters. The van der Waals surface area contributed by atoms with Crippen molar-refractivity contribution in [1.82, 2.24) is 14.3 Å². The van der Waals surface area contributed by atoms with E-state index in [4.69, 9.17) is 0 Å². The van der Waals surface area contributed by atoms with Crippen LogP contribution >= 0.6 is 11.9 Å². The predicted molar refractivity (Wildman–Crippen MR) is 105 cm³/mol. The van der Waals surface area contributed by atoms with Crippen molar-refractivity contribution in [2.45, 2.75) is 25.3 Å². The zero-order valence-corrected chi connectivity index (χ0v) is 15.6. The Kier molecular flexibility index (Phi) is 3.72. The molecule has 1 N–H and O–H groups in total. The average Bonchev–Trinajstić information content (AvgIpc) is 3.40. The minimum atomic E-state index is -0.256. The molecule has 7 heteroatoms. The summed E-state index contributed by atoms with van der Waals surface area (Å²) in [4.78, 5) is 31.2. The number of carbonyl (C=O) groups excluding carboxylic acids is 2. The lowest BCUT2D eigenvalue weighted by Crippen LogP contribution is -2.29. The summed E-state index contributed by atoms with van der Waals surface area (Å²) in [6.07, 6.45) is 8.44. The van der Waals surface area contributed by atoms with E-state index >= 15 is 0 Å². The van der Waals surface area contributed by atoms with E-state index in [1.807, 2.05) is 16.9 Å². The maximum absolute atomic E-state index is 12.6. The molecule has 0 radical (unpaired) electrons. The third-order valence-electron chi connectivity index (χ3n) is 5.08. The molecule has 1 aromatic carbocycles. The van der Waals surface area contributed by atoms with Crippen molar-refractivity contribution in [3.05, 3.63) is 65.1 Å². The summed E-state index contributed by atoms with van der Waals surface area (Å²) in [6.45, 7) is 0.172. The number of imidazole rings is 1. The Bertz CT molecular complexity index is 1050. The van der Waals surface area contributed by atoms with Gasteiger partial charge in [0.15, 0.2) is 5.65 Å². The fourth-order valence-corrected chi connectivity index (χ4v) is 3.99. The Labute approximate surface area is 160 Å². The molecule has 6 nitrogen and oxygen atoms in total. The first-order valence-corrected chi connectivity index (χ1v) is 10.1. The molecule has 0 saturated heterocycles. The molecule has 1 aliphatic heterocycles. The number of rotatable bonds is 5. The van der Waals surface area contributed by atoms with Gasteiger partial charge >= 0.3 is 0 Å². The highest BCUT2D eigenvalue weighted by molar-refractivity contribution is 7.99. The normalized spacial score (nSPS) is 16.3. The summed E-state index contributed by atoms with van der Waals surface area (Å²) < 4.78 is 5.30. The van der Waals surface area contributed by atoms with Crippen LogP contribution < -0.4 is 4.72 Å². The summed E-state index contributed by atoms with van der Waals surface area (Å²) in [7, 11) is 0. The fourth-order valence-electron chi connectivity index (χ4n) is 3.62. The Balaban J connectivity index is 1.50. The molecule has 1 fully saturated rings. The second kappa shape index (κ2) is 6.13. The van der Waals surface area contributed by atoms with Gasteiger partial charge in [0.2, 0.25) is 0 Å². The lowest BCUT2D eigenvalue weighted by Gasteiger charge is -2.11. The highest BCUT2D eigenvalue weighted by Gasteiger charge is 2.35. The van der Waals surface area contributed by atoms with Crippen LogP contribution in [-0.4, -0.2) is 32.4 Å². The first-order chi connectivity index (χ1) is 13.2. The van der Waals surface area contributed by atoms with Crippen molar-refractivity contribution in [2.75, 3.05) is 11.0 Å². The van der Waals surface area contributed by atoms with Crippen LogP contribution in [-0.2, 0) is 6.54 Å². The quantitative estimate of drug-likeness (QED) is 0.542. The molecule has 0 spiro atoms. The second-order valence-electron chi connectivity index (χ2n) is 6.97. The monoisotopic (exact) mass is 378 g/mol. The predicted octanol–water partition coefficient (Wildman–Crippen LogP) is 3.70. The summed E-state index contributed by atoms with van der Waals surface area (Å²) >= 11 is 1.52. The number of pyridine rings is 1. The number of hydrogen-bond donors (Lipinski definition) is 1. The standard InChI is InChI=1S/C20H18N4O2S/c1-27-22-17-8-13(12-6-7-12)9-23-10-14(21-18(17)23)11-24-19(25)15-4-2-3-5-16(15)20(24)26/h2-5,8-10,12,22H,6-7,11H2,1H3. The highest BCUT2D eigenvalue weighted by atomic mass is 32.2. The zero-order chi connectivity index (χ0) is 18.5. The lowest BCUT2D eigenvalue weighted by molar-refractivity contribution is 0.0640. The molecular formula is C20H18N4O2S. The Morgan fingerprint density at radius 1 is 1.15 bits per heavy atom. The van der Waals surface area contributed by atoms with Crippen LogP contribution in [0.4, 0.5) is 5.69 Å². The third kappa shape index (κ3) is 2.70. The molecule has 3 heterocycles. The number of imide groups is 1. The van der Waals surface area contributed by atoms with Gasteiger partial charge in [0, 0.05) is 18.6 Å². The van der Waals surface area contributed by atoms with Gasteiger partial charge in [-0.1, -0.05) is 24.1 Å². The number of amides is 2. The van der Waals surface area contributed by atoms with Crippen LogP contribution in [0.15, 0.2) is 42.7 Å². The van der Waals surface area contributed by atoms with Crippen LogP contribution in [0.5, 0.6) is 0 Å². The Morgan fingerprint density at radius 3 is 2.48 bits per heavy atom. The van der Waals surface area contributed by atoms with Gasteiger partial charge in [-0.2, -0.15) is 0 Å². The van der Waals surface area contributed by atoms with Crippen molar-refractivity contribution in [3.8, 4) is 0 Å². The van der Waals surface area contributed by atoms with Gasteiger partial charge < -0.3 is 9.12 Å². The first-order valence-electron chi connectivity index (χ1n) is 8.91. The Hall–Kier alpha value is -2.80. The number of carbonyl (C=O) groups is 2. The molecule has 5 rings (SSSR count). The summed E-state index contributed by atoms with van der Waals surface area (Å²) in [5.74, 6) is 0.112. The summed E-state index contributed by atoms with van der Waals surface area (Å²) in [6, 6.07) is 9.10. The molecule has 2 aromatic heterocycles. The van der Waals surface area contributed by atoms with E-state index in [2.05, 4.69) is 22.0 Å². The van der Waals surface area contributed by atoms with E-state index in [-0.39, 0.29) is 18.4 Å². The fraction of sp³-hybridized carbons (Fsp3) is 0.250. The topological polar surface area (TPSA) is 66.7 Å². The van der Waals surface area contributed by atoms with Crippen LogP contribution in [0.25, 0.3) is 5.65 Å². The summed E-state index contributed by atoms with van der Waals surface area (Å²) in [5, 5.41) is 0. The molecular weight excluding hydrogens is 360 g/mol. The van der Waals surface area contributed by atoms with Gasteiger partial charge in [0.05, 0.1) is 29.1 Å². The van der Waals surface area contributed by atoms with E-state index in [9.17, 15) is 9.59 Å². The lowest BCUT2D eigenvalue weighted by atomic mass is 10.1. The number of nitrogens with one attached hydrogen (secondary N) is 1. The number of fused-ring (bicyclic) bond motifs is 2. The number of aromatic nitrogens is 2.